The first kappa shape index (κ1) is 13.8. The lowest BCUT2D eigenvalue weighted by Gasteiger charge is -2.46. The minimum atomic E-state index is 0.251. The van der Waals surface area contributed by atoms with Crippen LogP contribution in [-0.4, -0.2) is 38.0 Å². The highest BCUT2D eigenvalue weighted by molar-refractivity contribution is 5.01. The van der Waals surface area contributed by atoms with Gasteiger partial charge in [-0.1, -0.05) is 6.42 Å². The van der Waals surface area contributed by atoms with Crippen molar-refractivity contribution in [2.75, 3.05) is 13.7 Å². The minimum absolute atomic E-state index is 0.251. The van der Waals surface area contributed by atoms with Crippen LogP contribution in [0.15, 0.2) is 0 Å². The van der Waals surface area contributed by atoms with Crippen LogP contribution in [0.5, 0.6) is 0 Å². The van der Waals surface area contributed by atoms with E-state index in [0.717, 1.165) is 30.8 Å². The fourth-order valence-corrected chi connectivity index (χ4v) is 4.81. The normalized spacial score (nSPS) is 46.3. The van der Waals surface area contributed by atoms with Gasteiger partial charge < -0.3 is 14.8 Å². The molecule has 0 radical (unpaired) electrons. The molecule has 3 nitrogen and oxygen atoms in total. The third kappa shape index (κ3) is 2.57. The summed E-state index contributed by atoms with van der Waals surface area (Å²) < 4.78 is 11.3. The summed E-state index contributed by atoms with van der Waals surface area (Å²) in [5.41, 5.74) is 0. The van der Waals surface area contributed by atoms with E-state index in [1.165, 1.54) is 25.7 Å². The van der Waals surface area contributed by atoms with E-state index in [9.17, 15) is 0 Å². The van der Waals surface area contributed by atoms with Crippen LogP contribution in [0.1, 0.15) is 46.0 Å². The Kier molecular flexibility index (Phi) is 4.16. The van der Waals surface area contributed by atoms with Crippen molar-refractivity contribution in [3.05, 3.63) is 0 Å². The highest BCUT2D eigenvalue weighted by Gasteiger charge is 2.46. The van der Waals surface area contributed by atoms with Crippen molar-refractivity contribution >= 4 is 0 Å². The Balaban J connectivity index is 1.49. The van der Waals surface area contributed by atoms with Crippen molar-refractivity contribution in [2.45, 2.75) is 70.2 Å². The first-order valence-electron chi connectivity index (χ1n) is 8.13. The fourth-order valence-electron chi connectivity index (χ4n) is 4.81. The molecule has 7 unspecified atom stereocenters. The number of hydrogen-bond acceptors (Lipinski definition) is 3. The van der Waals surface area contributed by atoms with Gasteiger partial charge in [0.05, 0.1) is 12.2 Å². The van der Waals surface area contributed by atoms with Crippen LogP contribution < -0.4 is 5.32 Å². The molecule has 0 aliphatic heterocycles. The summed E-state index contributed by atoms with van der Waals surface area (Å²) in [7, 11) is 1.81. The molecule has 2 bridgehead atoms. The zero-order valence-electron chi connectivity index (χ0n) is 12.6. The van der Waals surface area contributed by atoms with Crippen LogP contribution >= 0.6 is 0 Å². The number of rotatable bonds is 6. The van der Waals surface area contributed by atoms with Crippen LogP contribution in [0.3, 0.4) is 0 Å². The molecule has 0 aromatic heterocycles. The molecule has 3 aliphatic rings. The maximum absolute atomic E-state index is 5.70. The summed E-state index contributed by atoms with van der Waals surface area (Å²) in [5, 5.41) is 3.83. The van der Waals surface area contributed by atoms with Crippen molar-refractivity contribution in [1.29, 1.82) is 0 Å². The Morgan fingerprint density at radius 3 is 2.63 bits per heavy atom. The summed E-state index contributed by atoms with van der Waals surface area (Å²) in [5.74, 6) is 2.94. The molecule has 3 saturated carbocycles. The number of methoxy groups -OCH3 is 1. The molecule has 3 heteroatoms. The van der Waals surface area contributed by atoms with Gasteiger partial charge in [-0.3, -0.25) is 0 Å². The highest BCUT2D eigenvalue weighted by Crippen LogP contribution is 2.49. The molecule has 1 N–H and O–H groups in total. The first-order valence-corrected chi connectivity index (χ1v) is 8.13. The van der Waals surface area contributed by atoms with Crippen molar-refractivity contribution in [2.24, 2.45) is 17.8 Å². The average Bonchev–Trinajstić information content (AvgIpc) is 2.99. The molecule has 0 spiro atoms. The SMILES string of the molecule is CCOC1CC(NC(C)C2CC3CCC2C3)C1OC. The number of nitrogens with one attached hydrogen (secondary N) is 1. The van der Waals surface area contributed by atoms with Gasteiger partial charge in [-0.05, 0) is 57.3 Å². The first-order chi connectivity index (χ1) is 9.22. The molecule has 19 heavy (non-hydrogen) atoms. The average molecular weight is 267 g/mol. The second-order valence-electron chi connectivity index (χ2n) is 6.83. The predicted octanol–water partition coefficient (Wildman–Crippen LogP) is 2.59. The van der Waals surface area contributed by atoms with Crippen molar-refractivity contribution in [3.63, 3.8) is 0 Å². The largest absolute Gasteiger partial charge is 0.377 e. The van der Waals surface area contributed by atoms with Crippen molar-refractivity contribution in [1.82, 2.24) is 5.32 Å². The van der Waals surface area contributed by atoms with Gasteiger partial charge in [0, 0.05) is 25.8 Å². The number of fused-ring (bicyclic) bond motifs is 2. The van der Waals surface area contributed by atoms with Crippen LogP contribution in [0.2, 0.25) is 0 Å². The monoisotopic (exact) mass is 267 g/mol. The third-order valence-electron chi connectivity index (χ3n) is 5.81. The fraction of sp³-hybridized carbons (Fsp3) is 1.00. The molecule has 0 aromatic carbocycles. The molecule has 0 amide bonds. The van der Waals surface area contributed by atoms with E-state index < -0.39 is 0 Å². The van der Waals surface area contributed by atoms with E-state index in [-0.39, 0.29) is 6.10 Å². The lowest BCUT2D eigenvalue weighted by molar-refractivity contribution is -0.134. The number of ether oxygens (including phenoxy) is 2. The van der Waals surface area contributed by atoms with Gasteiger partial charge in [-0.2, -0.15) is 0 Å². The smallest absolute Gasteiger partial charge is 0.0986 e. The summed E-state index contributed by atoms with van der Waals surface area (Å²) in [6.07, 6.45) is 7.58. The summed E-state index contributed by atoms with van der Waals surface area (Å²) in [4.78, 5) is 0. The summed E-state index contributed by atoms with van der Waals surface area (Å²) in [6.45, 7) is 5.23. The van der Waals surface area contributed by atoms with E-state index >= 15 is 0 Å². The Labute approximate surface area is 117 Å². The molecule has 3 aliphatic carbocycles. The minimum Gasteiger partial charge on any atom is -0.377 e. The van der Waals surface area contributed by atoms with Gasteiger partial charge in [0.25, 0.3) is 0 Å². The molecule has 0 heterocycles. The topological polar surface area (TPSA) is 30.5 Å². The molecule has 7 atom stereocenters. The second-order valence-corrected chi connectivity index (χ2v) is 6.83. The Morgan fingerprint density at radius 1 is 1.21 bits per heavy atom. The van der Waals surface area contributed by atoms with Crippen LogP contribution in [0.4, 0.5) is 0 Å². The zero-order valence-corrected chi connectivity index (χ0v) is 12.6. The van der Waals surface area contributed by atoms with Gasteiger partial charge in [0.1, 0.15) is 0 Å². The molecular formula is C16H29NO2. The molecule has 0 saturated heterocycles. The van der Waals surface area contributed by atoms with Gasteiger partial charge in [0.2, 0.25) is 0 Å². The van der Waals surface area contributed by atoms with Gasteiger partial charge in [0.15, 0.2) is 0 Å². The van der Waals surface area contributed by atoms with Crippen LogP contribution in [-0.2, 0) is 9.47 Å². The van der Waals surface area contributed by atoms with E-state index in [2.05, 4.69) is 19.2 Å². The number of hydrogen-bond donors (Lipinski definition) is 1. The standard InChI is InChI=1S/C16H29NO2/c1-4-19-15-9-14(16(15)18-3)17-10(2)13-8-11-5-6-12(13)7-11/h10-17H,4-9H2,1-3H3. The van der Waals surface area contributed by atoms with Gasteiger partial charge in [-0.25, -0.2) is 0 Å². The van der Waals surface area contributed by atoms with Gasteiger partial charge >= 0.3 is 0 Å². The summed E-state index contributed by atoms with van der Waals surface area (Å²) in [6, 6.07) is 1.14. The Bertz CT molecular complexity index is 309. The lowest BCUT2D eigenvalue weighted by atomic mass is 9.80. The quantitative estimate of drug-likeness (QED) is 0.802. The van der Waals surface area contributed by atoms with E-state index in [4.69, 9.17) is 9.47 Å². The van der Waals surface area contributed by atoms with E-state index in [1.807, 2.05) is 7.11 Å². The molecule has 3 rings (SSSR count). The zero-order chi connectivity index (χ0) is 13.4. The van der Waals surface area contributed by atoms with Crippen LogP contribution in [0, 0.1) is 17.8 Å². The molecule has 110 valence electrons. The van der Waals surface area contributed by atoms with Crippen LogP contribution in [0.25, 0.3) is 0 Å². The van der Waals surface area contributed by atoms with E-state index in [0.29, 0.717) is 18.2 Å². The lowest BCUT2D eigenvalue weighted by Crippen LogP contribution is -2.62. The highest BCUT2D eigenvalue weighted by atomic mass is 16.5. The maximum atomic E-state index is 5.70. The van der Waals surface area contributed by atoms with Crippen molar-refractivity contribution in [3.8, 4) is 0 Å². The predicted molar refractivity (Wildman–Crippen MR) is 76.2 cm³/mol. The molecule has 0 aromatic rings. The maximum Gasteiger partial charge on any atom is 0.0986 e. The third-order valence-corrected chi connectivity index (χ3v) is 5.81. The van der Waals surface area contributed by atoms with Crippen molar-refractivity contribution < 1.29 is 9.47 Å². The molecule has 3 fully saturated rings. The van der Waals surface area contributed by atoms with E-state index in [1.54, 1.807) is 0 Å². The Hall–Kier alpha value is -0.120. The second kappa shape index (κ2) is 5.71. The Morgan fingerprint density at radius 2 is 2.05 bits per heavy atom. The molecular weight excluding hydrogens is 238 g/mol. The summed E-state index contributed by atoms with van der Waals surface area (Å²) >= 11 is 0. The van der Waals surface area contributed by atoms with Gasteiger partial charge in [-0.15, -0.1) is 0 Å².